The summed E-state index contributed by atoms with van der Waals surface area (Å²) >= 11 is 0. The number of rotatable bonds is 8. The van der Waals surface area contributed by atoms with E-state index in [4.69, 9.17) is 4.74 Å². The van der Waals surface area contributed by atoms with Gasteiger partial charge in [0.25, 0.3) is 15.9 Å². The first-order chi connectivity index (χ1) is 13.8. The second kappa shape index (κ2) is 8.97. The Morgan fingerprint density at radius 2 is 1.93 bits per heavy atom. The molecule has 0 radical (unpaired) electrons. The summed E-state index contributed by atoms with van der Waals surface area (Å²) in [5.74, 6) is -0.156. The fraction of sp³-hybridized carbons (Fsp3) is 0.409. The van der Waals surface area contributed by atoms with Crippen LogP contribution in [0.5, 0.6) is 0 Å². The first-order valence-corrected chi connectivity index (χ1v) is 11.4. The van der Waals surface area contributed by atoms with Gasteiger partial charge in [0, 0.05) is 31.4 Å². The first-order valence-electron chi connectivity index (χ1n) is 9.94. The Bertz CT molecular complexity index is 971. The molecule has 1 atom stereocenters. The van der Waals surface area contributed by atoms with Crippen molar-refractivity contribution in [3.8, 4) is 0 Å². The second-order valence-electron chi connectivity index (χ2n) is 7.32. The van der Waals surface area contributed by atoms with Crippen LogP contribution in [0.25, 0.3) is 0 Å². The average molecular weight is 417 g/mol. The van der Waals surface area contributed by atoms with Crippen molar-refractivity contribution in [1.82, 2.24) is 5.32 Å². The van der Waals surface area contributed by atoms with E-state index >= 15 is 0 Å². The first kappa shape index (κ1) is 21.3. The lowest BCUT2D eigenvalue weighted by atomic mass is 10.1. The normalized spacial score (nSPS) is 16.0. The Morgan fingerprint density at radius 1 is 1.21 bits per heavy atom. The van der Waals surface area contributed by atoms with Crippen LogP contribution in [-0.4, -0.2) is 40.1 Å². The third-order valence-corrected chi connectivity index (χ3v) is 6.97. The number of anilines is 1. The molecule has 3 rings (SSSR count). The summed E-state index contributed by atoms with van der Waals surface area (Å²) in [7, 11) is -3.66. The Balaban J connectivity index is 1.78. The lowest BCUT2D eigenvalue weighted by Crippen LogP contribution is -2.35. The number of carbonyl (C=O) groups is 1. The topological polar surface area (TPSA) is 75.7 Å². The van der Waals surface area contributed by atoms with Crippen LogP contribution in [-0.2, 0) is 21.2 Å². The monoisotopic (exact) mass is 416 g/mol. The number of nitrogens with zero attached hydrogens (tertiary/aromatic N) is 1. The Morgan fingerprint density at radius 3 is 2.62 bits per heavy atom. The number of sulfonamides is 1. The molecule has 1 amide bonds. The van der Waals surface area contributed by atoms with Crippen LogP contribution in [0.1, 0.15) is 41.8 Å². The molecule has 0 aliphatic carbocycles. The summed E-state index contributed by atoms with van der Waals surface area (Å²) in [4.78, 5) is 12.7. The molecule has 6 nitrogen and oxygen atoms in total. The van der Waals surface area contributed by atoms with Gasteiger partial charge in [-0.1, -0.05) is 17.7 Å². The van der Waals surface area contributed by atoms with Crippen LogP contribution in [0.3, 0.4) is 0 Å². The molecule has 29 heavy (non-hydrogen) atoms. The molecule has 156 valence electrons. The SMILES string of the molecule is CCOCCCNC(=O)c1ccc2c(c1)C[C@H](C)N2S(=O)(=O)c1ccc(C)cc1. The lowest BCUT2D eigenvalue weighted by molar-refractivity contribution is 0.0944. The summed E-state index contributed by atoms with van der Waals surface area (Å²) in [5.41, 5.74) is 3.07. The number of amides is 1. The molecule has 0 spiro atoms. The predicted octanol–water partition coefficient (Wildman–Crippen LogP) is 3.29. The molecule has 0 saturated carbocycles. The van der Waals surface area contributed by atoms with E-state index in [9.17, 15) is 13.2 Å². The molecule has 0 aromatic heterocycles. The zero-order valence-corrected chi connectivity index (χ0v) is 18.0. The van der Waals surface area contributed by atoms with Gasteiger partial charge < -0.3 is 10.1 Å². The van der Waals surface area contributed by atoms with Gasteiger partial charge in [0.15, 0.2) is 0 Å². The number of hydrogen-bond acceptors (Lipinski definition) is 4. The van der Waals surface area contributed by atoms with Gasteiger partial charge in [-0.25, -0.2) is 8.42 Å². The quantitative estimate of drug-likeness (QED) is 0.670. The number of benzene rings is 2. The van der Waals surface area contributed by atoms with Crippen LogP contribution in [0.15, 0.2) is 47.4 Å². The molecular formula is C22H28N2O4S. The molecule has 1 N–H and O–H groups in total. The van der Waals surface area contributed by atoms with Crippen molar-refractivity contribution in [2.75, 3.05) is 24.1 Å². The Labute approximate surface area is 172 Å². The molecule has 1 aliphatic rings. The third kappa shape index (κ3) is 4.62. The van der Waals surface area contributed by atoms with E-state index < -0.39 is 10.0 Å². The molecule has 2 aromatic rings. The van der Waals surface area contributed by atoms with Crippen molar-refractivity contribution >= 4 is 21.6 Å². The number of nitrogens with one attached hydrogen (secondary N) is 1. The smallest absolute Gasteiger partial charge is 0.264 e. The lowest BCUT2D eigenvalue weighted by Gasteiger charge is -2.24. The summed E-state index contributed by atoms with van der Waals surface area (Å²) < 4.78 is 33.1. The third-order valence-electron chi connectivity index (χ3n) is 5.03. The van der Waals surface area contributed by atoms with E-state index in [0.717, 1.165) is 17.5 Å². The van der Waals surface area contributed by atoms with Crippen LogP contribution in [0, 0.1) is 6.92 Å². The fourth-order valence-corrected chi connectivity index (χ4v) is 5.25. The molecule has 2 aromatic carbocycles. The molecule has 0 saturated heterocycles. The maximum absolute atomic E-state index is 13.2. The van der Waals surface area contributed by atoms with E-state index in [1.165, 1.54) is 4.31 Å². The maximum Gasteiger partial charge on any atom is 0.264 e. The summed E-state index contributed by atoms with van der Waals surface area (Å²) in [5, 5.41) is 2.88. The molecule has 0 unspecified atom stereocenters. The zero-order chi connectivity index (χ0) is 21.0. The minimum atomic E-state index is -3.66. The van der Waals surface area contributed by atoms with Gasteiger partial charge in [-0.3, -0.25) is 9.10 Å². The molecule has 1 aliphatic heterocycles. The predicted molar refractivity (Wildman–Crippen MR) is 114 cm³/mol. The number of aryl methyl sites for hydroxylation is 1. The van der Waals surface area contributed by atoms with Crippen molar-refractivity contribution in [2.45, 2.75) is 44.6 Å². The van der Waals surface area contributed by atoms with E-state index in [1.54, 1.807) is 42.5 Å². The van der Waals surface area contributed by atoms with Gasteiger partial charge in [0.1, 0.15) is 0 Å². The largest absolute Gasteiger partial charge is 0.382 e. The minimum absolute atomic E-state index is 0.156. The number of hydrogen-bond donors (Lipinski definition) is 1. The fourth-order valence-electron chi connectivity index (χ4n) is 3.56. The molecular weight excluding hydrogens is 388 g/mol. The Kier molecular flexibility index (Phi) is 6.59. The van der Waals surface area contributed by atoms with Crippen LogP contribution in [0.4, 0.5) is 5.69 Å². The number of ether oxygens (including phenoxy) is 1. The van der Waals surface area contributed by atoms with Crippen molar-refractivity contribution in [2.24, 2.45) is 0 Å². The van der Waals surface area contributed by atoms with E-state index in [2.05, 4.69) is 5.32 Å². The molecule has 0 fully saturated rings. The van der Waals surface area contributed by atoms with Crippen molar-refractivity contribution in [3.05, 3.63) is 59.2 Å². The summed E-state index contributed by atoms with van der Waals surface area (Å²) in [6.07, 6.45) is 1.33. The Hall–Kier alpha value is -2.38. The maximum atomic E-state index is 13.2. The van der Waals surface area contributed by atoms with Gasteiger partial charge in [0.2, 0.25) is 0 Å². The van der Waals surface area contributed by atoms with Gasteiger partial charge in [0.05, 0.1) is 10.6 Å². The van der Waals surface area contributed by atoms with Crippen LogP contribution >= 0.6 is 0 Å². The van der Waals surface area contributed by atoms with Gasteiger partial charge in [-0.15, -0.1) is 0 Å². The average Bonchev–Trinajstić information content (AvgIpc) is 3.03. The number of carbonyl (C=O) groups excluding carboxylic acids is 1. The van der Waals surface area contributed by atoms with Crippen molar-refractivity contribution < 1.29 is 17.9 Å². The highest BCUT2D eigenvalue weighted by Gasteiger charge is 2.36. The molecule has 1 heterocycles. The van der Waals surface area contributed by atoms with E-state index in [0.29, 0.717) is 37.4 Å². The van der Waals surface area contributed by atoms with E-state index in [1.807, 2.05) is 20.8 Å². The second-order valence-corrected chi connectivity index (χ2v) is 9.13. The van der Waals surface area contributed by atoms with Crippen LogP contribution < -0.4 is 9.62 Å². The summed E-state index contributed by atoms with van der Waals surface area (Å²) in [6, 6.07) is 11.9. The highest BCUT2D eigenvalue weighted by molar-refractivity contribution is 7.92. The standard InChI is InChI=1S/C22H28N2O4S/c1-4-28-13-5-12-23-22(25)18-8-11-21-19(15-18)14-17(3)24(21)29(26,27)20-9-6-16(2)7-10-20/h6-11,15,17H,4-5,12-14H2,1-3H3,(H,23,25)/t17-/m0/s1. The van der Waals surface area contributed by atoms with Crippen molar-refractivity contribution in [1.29, 1.82) is 0 Å². The highest BCUT2D eigenvalue weighted by atomic mass is 32.2. The van der Waals surface area contributed by atoms with Crippen LogP contribution in [0.2, 0.25) is 0 Å². The van der Waals surface area contributed by atoms with Crippen molar-refractivity contribution in [3.63, 3.8) is 0 Å². The minimum Gasteiger partial charge on any atom is -0.382 e. The zero-order valence-electron chi connectivity index (χ0n) is 17.1. The van der Waals surface area contributed by atoms with Gasteiger partial charge >= 0.3 is 0 Å². The molecule has 7 heteroatoms. The van der Waals surface area contributed by atoms with Gasteiger partial charge in [-0.2, -0.15) is 0 Å². The number of fused-ring (bicyclic) bond motifs is 1. The summed E-state index contributed by atoms with van der Waals surface area (Å²) in [6.45, 7) is 7.57. The van der Waals surface area contributed by atoms with E-state index in [-0.39, 0.29) is 16.8 Å². The highest BCUT2D eigenvalue weighted by Crippen LogP contribution is 2.37. The molecule has 0 bridgehead atoms. The van der Waals surface area contributed by atoms with Gasteiger partial charge in [-0.05, 0) is 69.5 Å².